The number of hydrazine groups is 1. The lowest BCUT2D eigenvalue weighted by Gasteiger charge is -2.05. The number of aromatic nitrogens is 2. The zero-order valence-electron chi connectivity index (χ0n) is 6.66. The van der Waals surface area contributed by atoms with Gasteiger partial charge in [-0.15, -0.1) is 0 Å². The van der Waals surface area contributed by atoms with Gasteiger partial charge in [-0.2, -0.15) is 0 Å². The Labute approximate surface area is 79.7 Å². The van der Waals surface area contributed by atoms with Crippen molar-refractivity contribution in [3.8, 4) is 0 Å². The molecule has 2 aromatic rings. The summed E-state index contributed by atoms with van der Waals surface area (Å²) in [6.45, 7) is 0. The topological polar surface area (TPSA) is 63.8 Å². The minimum absolute atomic E-state index is 0.501. The first-order valence-corrected chi connectivity index (χ1v) is 4.05. The summed E-state index contributed by atoms with van der Waals surface area (Å²) in [5.41, 5.74) is 3.98. The number of nitrogens with zero attached hydrogens (tertiary/aromatic N) is 2. The van der Waals surface area contributed by atoms with E-state index in [0.29, 0.717) is 10.7 Å². The second-order valence-electron chi connectivity index (χ2n) is 2.52. The Bertz CT molecular complexity index is 443. The van der Waals surface area contributed by atoms with Crippen LogP contribution in [0.1, 0.15) is 0 Å². The number of rotatable bonds is 1. The number of hydrogen-bond donors (Lipinski definition) is 2. The molecule has 2 rings (SSSR count). The van der Waals surface area contributed by atoms with E-state index in [1.165, 1.54) is 0 Å². The molecule has 0 radical (unpaired) electrons. The molecule has 0 aliphatic heterocycles. The van der Waals surface area contributed by atoms with E-state index in [-0.39, 0.29) is 0 Å². The Hall–Kier alpha value is -1.39. The van der Waals surface area contributed by atoms with Gasteiger partial charge in [-0.05, 0) is 6.07 Å². The van der Waals surface area contributed by atoms with E-state index in [1.54, 1.807) is 18.6 Å². The molecule has 0 aliphatic rings. The lowest BCUT2D eigenvalue weighted by molar-refractivity contribution is 1.29. The van der Waals surface area contributed by atoms with Gasteiger partial charge in [-0.1, -0.05) is 11.6 Å². The quantitative estimate of drug-likeness (QED) is 0.534. The molecule has 66 valence electrons. The summed E-state index contributed by atoms with van der Waals surface area (Å²) in [5, 5.41) is 1.37. The number of nitrogen functional groups attached to an aromatic ring is 1. The molecule has 0 saturated heterocycles. The number of nitrogens with one attached hydrogen (secondary N) is 1. The van der Waals surface area contributed by atoms with E-state index < -0.39 is 0 Å². The molecule has 2 heterocycles. The van der Waals surface area contributed by atoms with Gasteiger partial charge in [0.25, 0.3) is 0 Å². The average Bonchev–Trinajstić information content (AvgIpc) is 2.18. The predicted molar refractivity (Wildman–Crippen MR) is 52.4 cm³/mol. The molecule has 0 aromatic carbocycles. The van der Waals surface area contributed by atoms with Crippen LogP contribution in [0.4, 0.5) is 5.69 Å². The molecule has 0 bridgehead atoms. The summed E-state index contributed by atoms with van der Waals surface area (Å²) in [6.07, 6.45) is 4.87. The molecule has 0 atom stereocenters. The third-order valence-electron chi connectivity index (χ3n) is 1.77. The zero-order valence-corrected chi connectivity index (χ0v) is 7.42. The van der Waals surface area contributed by atoms with Crippen molar-refractivity contribution in [1.82, 2.24) is 9.97 Å². The highest BCUT2D eigenvalue weighted by molar-refractivity contribution is 6.34. The van der Waals surface area contributed by atoms with Gasteiger partial charge < -0.3 is 5.43 Å². The Morgan fingerprint density at radius 3 is 3.00 bits per heavy atom. The molecular weight excluding hydrogens is 188 g/mol. The summed E-state index contributed by atoms with van der Waals surface area (Å²) in [4.78, 5) is 8.04. The Balaban J connectivity index is 2.84. The number of fused-ring (bicyclic) bond motifs is 1. The minimum Gasteiger partial charge on any atom is -0.322 e. The normalized spacial score (nSPS) is 10.3. The molecule has 2 aromatic heterocycles. The maximum Gasteiger partial charge on any atom is 0.0907 e. The molecule has 0 fully saturated rings. The van der Waals surface area contributed by atoms with E-state index in [1.807, 2.05) is 6.07 Å². The number of pyridine rings is 2. The second-order valence-corrected chi connectivity index (χ2v) is 2.93. The highest BCUT2D eigenvalue weighted by Crippen LogP contribution is 2.27. The summed E-state index contributed by atoms with van der Waals surface area (Å²) < 4.78 is 0. The van der Waals surface area contributed by atoms with Crippen molar-refractivity contribution in [1.29, 1.82) is 0 Å². The molecule has 13 heavy (non-hydrogen) atoms. The number of nitrogens with two attached hydrogens (primary N) is 1. The van der Waals surface area contributed by atoms with Crippen LogP contribution in [-0.2, 0) is 0 Å². The van der Waals surface area contributed by atoms with Crippen LogP contribution in [-0.4, -0.2) is 9.97 Å². The van der Waals surface area contributed by atoms with Crippen molar-refractivity contribution in [2.75, 3.05) is 5.43 Å². The molecule has 4 nitrogen and oxygen atoms in total. The fourth-order valence-electron chi connectivity index (χ4n) is 1.17. The summed E-state index contributed by atoms with van der Waals surface area (Å²) >= 11 is 5.88. The van der Waals surface area contributed by atoms with Crippen LogP contribution in [0.5, 0.6) is 0 Å². The van der Waals surface area contributed by atoms with Crippen LogP contribution in [0.15, 0.2) is 24.7 Å². The van der Waals surface area contributed by atoms with Gasteiger partial charge in [0.1, 0.15) is 0 Å². The fraction of sp³-hybridized carbons (Fsp3) is 0. The fourth-order valence-corrected chi connectivity index (χ4v) is 1.37. The minimum atomic E-state index is 0.501. The van der Waals surface area contributed by atoms with Crippen LogP contribution >= 0.6 is 11.6 Å². The molecule has 0 unspecified atom stereocenters. The third-order valence-corrected chi connectivity index (χ3v) is 2.06. The van der Waals surface area contributed by atoms with Crippen LogP contribution in [0.3, 0.4) is 0 Å². The number of hydrogen-bond acceptors (Lipinski definition) is 4. The van der Waals surface area contributed by atoms with Gasteiger partial charge >= 0.3 is 0 Å². The second kappa shape index (κ2) is 3.16. The third kappa shape index (κ3) is 1.30. The molecule has 5 heteroatoms. The van der Waals surface area contributed by atoms with Gasteiger partial charge in [0, 0.05) is 17.8 Å². The lowest BCUT2D eigenvalue weighted by atomic mass is 10.2. The van der Waals surface area contributed by atoms with Crippen molar-refractivity contribution >= 4 is 28.2 Å². The molecule has 0 spiro atoms. The van der Waals surface area contributed by atoms with Gasteiger partial charge in [0.05, 0.1) is 22.4 Å². The highest BCUT2D eigenvalue weighted by atomic mass is 35.5. The van der Waals surface area contributed by atoms with Crippen molar-refractivity contribution in [2.45, 2.75) is 0 Å². The van der Waals surface area contributed by atoms with Crippen LogP contribution < -0.4 is 11.3 Å². The van der Waals surface area contributed by atoms with Crippen molar-refractivity contribution in [3.05, 3.63) is 29.7 Å². The SMILES string of the molecule is NNc1c(Cl)cnc2cnccc12. The molecule has 3 N–H and O–H groups in total. The summed E-state index contributed by atoms with van der Waals surface area (Å²) in [5.74, 6) is 5.33. The van der Waals surface area contributed by atoms with Crippen LogP contribution in [0, 0.1) is 0 Å². The largest absolute Gasteiger partial charge is 0.322 e. The Morgan fingerprint density at radius 1 is 1.38 bits per heavy atom. The highest BCUT2D eigenvalue weighted by Gasteiger charge is 2.04. The van der Waals surface area contributed by atoms with Crippen LogP contribution in [0.2, 0.25) is 5.02 Å². The van der Waals surface area contributed by atoms with E-state index in [0.717, 1.165) is 10.9 Å². The first kappa shape index (κ1) is 8.22. The Morgan fingerprint density at radius 2 is 2.23 bits per heavy atom. The lowest BCUT2D eigenvalue weighted by Crippen LogP contribution is -2.08. The zero-order chi connectivity index (χ0) is 9.26. The predicted octanol–water partition coefficient (Wildman–Crippen LogP) is 1.57. The van der Waals surface area contributed by atoms with Crippen molar-refractivity contribution in [2.24, 2.45) is 5.84 Å². The van der Waals surface area contributed by atoms with E-state index in [4.69, 9.17) is 17.4 Å². The van der Waals surface area contributed by atoms with Crippen molar-refractivity contribution in [3.63, 3.8) is 0 Å². The maximum atomic E-state index is 5.88. The van der Waals surface area contributed by atoms with E-state index in [9.17, 15) is 0 Å². The smallest absolute Gasteiger partial charge is 0.0907 e. The standard InChI is InChI=1S/C8H7ClN4/c9-6-3-12-7-4-11-2-1-5(7)8(6)13-10/h1-4H,10H2,(H,12,13). The summed E-state index contributed by atoms with van der Waals surface area (Å²) in [6, 6.07) is 1.81. The summed E-state index contributed by atoms with van der Waals surface area (Å²) in [7, 11) is 0. The average molecular weight is 195 g/mol. The Kier molecular flexibility index (Phi) is 2.00. The molecular formula is C8H7ClN4. The first-order valence-electron chi connectivity index (χ1n) is 3.68. The first-order chi connectivity index (χ1) is 6.33. The maximum absolute atomic E-state index is 5.88. The van der Waals surface area contributed by atoms with Gasteiger partial charge in [0.2, 0.25) is 0 Å². The van der Waals surface area contributed by atoms with Gasteiger partial charge in [0.15, 0.2) is 0 Å². The number of halogens is 1. The van der Waals surface area contributed by atoms with Crippen molar-refractivity contribution < 1.29 is 0 Å². The van der Waals surface area contributed by atoms with Crippen LogP contribution in [0.25, 0.3) is 10.9 Å². The van der Waals surface area contributed by atoms with Gasteiger partial charge in [-0.25, -0.2) is 0 Å². The van der Waals surface area contributed by atoms with Gasteiger partial charge in [-0.3, -0.25) is 15.8 Å². The number of anilines is 1. The molecule has 0 aliphatic carbocycles. The molecule has 0 amide bonds. The van der Waals surface area contributed by atoms with E-state index >= 15 is 0 Å². The monoisotopic (exact) mass is 194 g/mol. The van der Waals surface area contributed by atoms with E-state index in [2.05, 4.69) is 15.4 Å². The molecule has 0 saturated carbocycles.